The van der Waals surface area contributed by atoms with Crippen molar-refractivity contribution in [3.05, 3.63) is 16.1 Å². The van der Waals surface area contributed by atoms with Crippen LogP contribution in [0.1, 0.15) is 36.9 Å². The van der Waals surface area contributed by atoms with Gasteiger partial charge in [-0.1, -0.05) is 6.42 Å². The third-order valence-electron chi connectivity index (χ3n) is 4.04. The Bertz CT molecular complexity index is 730. The van der Waals surface area contributed by atoms with E-state index >= 15 is 0 Å². The van der Waals surface area contributed by atoms with E-state index in [1.54, 1.807) is 0 Å². The normalized spacial score (nSPS) is 16.2. The van der Waals surface area contributed by atoms with Crippen molar-refractivity contribution in [1.82, 2.24) is 20.3 Å². The molecule has 0 aromatic carbocycles. The third-order valence-corrected chi connectivity index (χ3v) is 6.22. The minimum Gasteiger partial charge on any atom is -0.357 e. The van der Waals surface area contributed by atoms with Crippen molar-refractivity contribution in [2.45, 2.75) is 38.9 Å². The van der Waals surface area contributed by atoms with E-state index in [4.69, 9.17) is 0 Å². The van der Waals surface area contributed by atoms with Crippen molar-refractivity contribution in [3.63, 3.8) is 0 Å². The molecule has 27 heavy (non-hydrogen) atoms. The number of aliphatic imine (C=N–C) groups is 1. The van der Waals surface area contributed by atoms with Crippen LogP contribution in [-0.4, -0.2) is 44.7 Å². The lowest BCUT2D eigenvalue weighted by Gasteiger charge is -2.25. The molecule has 1 aromatic heterocycles. The molecule has 0 saturated heterocycles. The summed E-state index contributed by atoms with van der Waals surface area (Å²) in [5, 5.41) is 6.98. The molecule has 0 unspecified atom stereocenters. The Labute approximate surface area is 160 Å². The zero-order chi connectivity index (χ0) is 19.9. The van der Waals surface area contributed by atoms with Gasteiger partial charge in [-0.25, -0.2) is 23.1 Å². The highest BCUT2D eigenvalue weighted by molar-refractivity contribution is 7.89. The SMILES string of the molecule is CCNC(=NCc1nc(C(F)(F)F)cs1)NCCS(=O)(=O)NCC1CCC1. The van der Waals surface area contributed by atoms with Gasteiger partial charge in [-0.3, -0.25) is 0 Å². The Morgan fingerprint density at radius 1 is 1.37 bits per heavy atom. The van der Waals surface area contributed by atoms with Gasteiger partial charge in [0.05, 0.1) is 12.3 Å². The van der Waals surface area contributed by atoms with Crippen LogP contribution in [0.25, 0.3) is 0 Å². The second kappa shape index (κ2) is 9.69. The Hall–Kier alpha value is -1.40. The molecule has 0 radical (unpaired) electrons. The molecule has 0 spiro atoms. The molecule has 1 aliphatic carbocycles. The summed E-state index contributed by atoms with van der Waals surface area (Å²) in [7, 11) is -3.37. The number of halogens is 3. The lowest BCUT2D eigenvalue weighted by atomic mass is 9.86. The molecule has 1 fully saturated rings. The van der Waals surface area contributed by atoms with Crippen LogP contribution in [0.15, 0.2) is 10.4 Å². The van der Waals surface area contributed by atoms with Crippen LogP contribution in [0.2, 0.25) is 0 Å². The summed E-state index contributed by atoms with van der Waals surface area (Å²) in [4.78, 5) is 7.67. The monoisotopic (exact) mass is 427 g/mol. The number of alkyl halides is 3. The summed E-state index contributed by atoms with van der Waals surface area (Å²) >= 11 is 0.882. The molecule has 0 amide bonds. The highest BCUT2D eigenvalue weighted by Gasteiger charge is 2.33. The van der Waals surface area contributed by atoms with Gasteiger partial charge < -0.3 is 10.6 Å². The number of hydrogen-bond acceptors (Lipinski definition) is 5. The van der Waals surface area contributed by atoms with Gasteiger partial charge in [-0.2, -0.15) is 13.2 Å². The molecule has 3 N–H and O–H groups in total. The van der Waals surface area contributed by atoms with Crippen molar-refractivity contribution in [2.24, 2.45) is 10.9 Å². The van der Waals surface area contributed by atoms with Crippen molar-refractivity contribution in [1.29, 1.82) is 0 Å². The van der Waals surface area contributed by atoms with Crippen LogP contribution in [0.5, 0.6) is 0 Å². The van der Waals surface area contributed by atoms with Crippen LogP contribution in [0, 0.1) is 5.92 Å². The quantitative estimate of drug-likeness (QED) is 0.414. The number of sulfonamides is 1. The highest BCUT2D eigenvalue weighted by Crippen LogP contribution is 2.30. The fourth-order valence-corrected chi connectivity index (χ4v) is 4.05. The molecule has 154 valence electrons. The second-order valence-electron chi connectivity index (χ2n) is 6.21. The summed E-state index contributed by atoms with van der Waals surface area (Å²) in [5.74, 6) is 0.654. The predicted molar refractivity (Wildman–Crippen MR) is 99.1 cm³/mol. The topological polar surface area (TPSA) is 95.5 Å². The largest absolute Gasteiger partial charge is 0.434 e. The number of aromatic nitrogens is 1. The van der Waals surface area contributed by atoms with Gasteiger partial charge in [0.15, 0.2) is 11.7 Å². The summed E-state index contributed by atoms with van der Waals surface area (Å²) in [6.45, 7) is 2.95. The van der Waals surface area contributed by atoms with Crippen LogP contribution >= 0.6 is 11.3 Å². The first kappa shape index (κ1) is 21.9. The molecule has 2 rings (SSSR count). The fourth-order valence-electron chi connectivity index (χ4n) is 2.32. The van der Waals surface area contributed by atoms with Gasteiger partial charge in [0.2, 0.25) is 10.0 Å². The zero-order valence-electron chi connectivity index (χ0n) is 15.0. The van der Waals surface area contributed by atoms with E-state index < -0.39 is 21.9 Å². The van der Waals surface area contributed by atoms with E-state index in [0.717, 1.165) is 36.0 Å². The van der Waals surface area contributed by atoms with Crippen molar-refractivity contribution >= 4 is 27.3 Å². The first-order valence-corrected chi connectivity index (χ1v) is 11.2. The number of nitrogens with zero attached hydrogens (tertiary/aromatic N) is 2. The molecule has 1 heterocycles. The Morgan fingerprint density at radius 3 is 2.67 bits per heavy atom. The maximum absolute atomic E-state index is 12.6. The van der Waals surface area contributed by atoms with Gasteiger partial charge >= 0.3 is 6.18 Å². The average Bonchev–Trinajstić information content (AvgIpc) is 3.00. The molecule has 0 aliphatic heterocycles. The molecule has 0 atom stereocenters. The molecule has 1 aromatic rings. The number of nitrogens with one attached hydrogen (secondary N) is 3. The molecule has 0 bridgehead atoms. The number of thiazole rings is 1. The molecular weight excluding hydrogens is 403 g/mol. The molecule has 1 aliphatic rings. The predicted octanol–water partition coefficient (Wildman–Crippen LogP) is 1.94. The number of guanidine groups is 1. The van der Waals surface area contributed by atoms with Gasteiger partial charge in [0.1, 0.15) is 5.01 Å². The lowest BCUT2D eigenvalue weighted by molar-refractivity contribution is -0.140. The smallest absolute Gasteiger partial charge is 0.357 e. The van der Waals surface area contributed by atoms with E-state index in [1.165, 1.54) is 0 Å². The lowest BCUT2D eigenvalue weighted by Crippen LogP contribution is -2.42. The van der Waals surface area contributed by atoms with Crippen LogP contribution in [-0.2, 0) is 22.7 Å². The van der Waals surface area contributed by atoms with E-state index in [0.29, 0.717) is 25.0 Å². The van der Waals surface area contributed by atoms with Gasteiger partial charge in [0, 0.05) is 25.0 Å². The number of rotatable bonds is 9. The Kier molecular flexibility index (Phi) is 7.86. The van der Waals surface area contributed by atoms with E-state index in [1.807, 2.05) is 6.92 Å². The zero-order valence-corrected chi connectivity index (χ0v) is 16.6. The number of hydrogen-bond donors (Lipinski definition) is 3. The first-order chi connectivity index (χ1) is 12.7. The molecule has 7 nitrogen and oxygen atoms in total. The summed E-state index contributed by atoms with van der Waals surface area (Å²) in [6, 6.07) is 0. The summed E-state index contributed by atoms with van der Waals surface area (Å²) in [6.07, 6.45) is -1.20. The molecule has 12 heteroatoms. The average molecular weight is 428 g/mol. The van der Waals surface area contributed by atoms with Crippen molar-refractivity contribution in [3.8, 4) is 0 Å². The van der Waals surface area contributed by atoms with Gasteiger partial charge in [0.25, 0.3) is 0 Å². The van der Waals surface area contributed by atoms with E-state index in [-0.39, 0.29) is 23.8 Å². The van der Waals surface area contributed by atoms with Crippen molar-refractivity contribution < 1.29 is 21.6 Å². The minimum atomic E-state index is -4.47. The summed E-state index contributed by atoms with van der Waals surface area (Å²) in [5.41, 5.74) is -0.931. The maximum atomic E-state index is 12.6. The molecular formula is C15H24F3N5O2S2. The summed E-state index contributed by atoms with van der Waals surface area (Å²) < 4.78 is 64.2. The molecule has 1 saturated carbocycles. The van der Waals surface area contributed by atoms with Gasteiger partial charge in [-0.15, -0.1) is 11.3 Å². The Morgan fingerprint density at radius 2 is 2.11 bits per heavy atom. The van der Waals surface area contributed by atoms with Gasteiger partial charge in [-0.05, 0) is 25.7 Å². The maximum Gasteiger partial charge on any atom is 0.434 e. The fraction of sp³-hybridized carbons (Fsp3) is 0.733. The third kappa shape index (κ3) is 7.62. The highest BCUT2D eigenvalue weighted by atomic mass is 32.2. The van der Waals surface area contributed by atoms with E-state index in [9.17, 15) is 21.6 Å². The second-order valence-corrected chi connectivity index (χ2v) is 9.08. The standard InChI is InChI=1S/C15H24F3N5O2S2/c1-2-19-14(21-9-13-23-12(10-26-13)15(16,17)18)20-6-7-27(24,25)22-8-11-4-3-5-11/h10-11,22H,2-9H2,1H3,(H2,19,20,21). The van der Waals surface area contributed by atoms with Crippen LogP contribution < -0.4 is 15.4 Å². The van der Waals surface area contributed by atoms with E-state index in [2.05, 4.69) is 25.3 Å². The van der Waals surface area contributed by atoms with Crippen LogP contribution in [0.4, 0.5) is 13.2 Å². The van der Waals surface area contributed by atoms with Crippen molar-refractivity contribution in [2.75, 3.05) is 25.4 Å². The minimum absolute atomic E-state index is 0.0250. The Balaban J connectivity index is 1.81. The van der Waals surface area contributed by atoms with Crippen LogP contribution in [0.3, 0.4) is 0 Å². The first-order valence-electron chi connectivity index (χ1n) is 8.70.